The number of fused-ring (bicyclic) bond motifs is 2. The molecule has 0 N–H and O–H groups in total. The van der Waals surface area contributed by atoms with Crippen molar-refractivity contribution in [2.45, 2.75) is 23.3 Å². The first-order valence-electron chi connectivity index (χ1n) is 4.81. The Labute approximate surface area is 87.0 Å². The summed E-state index contributed by atoms with van der Waals surface area (Å²) in [6.45, 7) is 0. The molecule has 1 aliphatic carbocycles. The van der Waals surface area contributed by atoms with E-state index in [-0.39, 0.29) is 0 Å². The van der Waals surface area contributed by atoms with Gasteiger partial charge >= 0.3 is 0 Å². The summed E-state index contributed by atoms with van der Waals surface area (Å²) in [5.41, 5.74) is 0. The van der Waals surface area contributed by atoms with Crippen LogP contribution in [0.3, 0.4) is 0 Å². The topological polar surface area (TPSA) is 0 Å². The largest absolute Gasteiger partial charge is 0.148 e. The van der Waals surface area contributed by atoms with E-state index in [4.69, 9.17) is 0 Å². The van der Waals surface area contributed by atoms with Gasteiger partial charge in [-0.1, -0.05) is 18.2 Å². The zero-order chi connectivity index (χ0) is 8.67. The van der Waals surface area contributed by atoms with Gasteiger partial charge in [0.15, 0.2) is 0 Å². The molecule has 13 heavy (non-hydrogen) atoms. The van der Waals surface area contributed by atoms with Crippen molar-refractivity contribution >= 4 is 23.1 Å². The second-order valence-corrected chi connectivity index (χ2v) is 6.10. The first kappa shape index (κ1) is 8.13. The zero-order valence-corrected chi connectivity index (χ0v) is 8.98. The molecule has 0 saturated carbocycles. The van der Waals surface area contributed by atoms with E-state index in [0.717, 1.165) is 16.4 Å². The molecule has 2 heteroatoms. The van der Waals surface area contributed by atoms with E-state index in [1.807, 2.05) is 11.3 Å². The molecular weight excluding hydrogens is 196 g/mol. The predicted molar refractivity (Wildman–Crippen MR) is 60.3 cm³/mol. The third-order valence-electron chi connectivity index (χ3n) is 2.89. The number of hydrogen-bond acceptors (Lipinski definition) is 2. The van der Waals surface area contributed by atoms with Crippen LogP contribution >= 0.6 is 23.1 Å². The number of thiophene rings is 1. The Bertz CT molecular complexity index is 313. The van der Waals surface area contributed by atoms with Gasteiger partial charge in [0.05, 0.1) is 0 Å². The summed E-state index contributed by atoms with van der Waals surface area (Å²) in [4.78, 5) is 1.57. The number of thioether (sulfide) groups is 1. The van der Waals surface area contributed by atoms with E-state index in [1.165, 1.54) is 12.8 Å². The Morgan fingerprint density at radius 3 is 2.77 bits per heavy atom. The standard InChI is InChI=1S/C11H12S2/c1-2-10(12-7-1)11-8-3-5-9(13-11)6-4-8/h1-3,5,7-9,11H,4,6H2/t8-,9+,11+/m1/s1. The fourth-order valence-corrected chi connectivity index (χ4v) is 4.79. The van der Waals surface area contributed by atoms with Crippen LogP contribution in [-0.2, 0) is 0 Å². The summed E-state index contributed by atoms with van der Waals surface area (Å²) in [5, 5.41) is 3.77. The lowest BCUT2D eigenvalue weighted by atomic mass is 9.91. The highest BCUT2D eigenvalue weighted by atomic mass is 32.2. The maximum absolute atomic E-state index is 2.44. The molecule has 0 aromatic carbocycles. The van der Waals surface area contributed by atoms with Gasteiger partial charge in [-0.15, -0.1) is 23.1 Å². The highest BCUT2D eigenvalue weighted by Crippen LogP contribution is 2.51. The lowest BCUT2D eigenvalue weighted by Crippen LogP contribution is -2.23. The van der Waals surface area contributed by atoms with E-state index >= 15 is 0 Å². The molecule has 0 nitrogen and oxygen atoms in total. The molecule has 2 bridgehead atoms. The fraction of sp³-hybridized carbons (Fsp3) is 0.455. The molecule has 1 aromatic heterocycles. The maximum Gasteiger partial charge on any atom is 0.0459 e. The Morgan fingerprint density at radius 1 is 1.23 bits per heavy atom. The van der Waals surface area contributed by atoms with Gasteiger partial charge in [0.25, 0.3) is 0 Å². The summed E-state index contributed by atoms with van der Waals surface area (Å²) in [6.07, 6.45) is 7.64. The minimum absolute atomic E-state index is 0.767. The lowest BCUT2D eigenvalue weighted by molar-refractivity contribution is 0.513. The highest BCUT2D eigenvalue weighted by Gasteiger charge is 2.33. The van der Waals surface area contributed by atoms with Crippen molar-refractivity contribution in [2.24, 2.45) is 5.92 Å². The highest BCUT2D eigenvalue weighted by molar-refractivity contribution is 8.00. The van der Waals surface area contributed by atoms with Crippen LogP contribution in [0.4, 0.5) is 0 Å². The van der Waals surface area contributed by atoms with Crippen LogP contribution in [0, 0.1) is 5.92 Å². The minimum atomic E-state index is 0.767. The van der Waals surface area contributed by atoms with Crippen molar-refractivity contribution in [3.8, 4) is 0 Å². The minimum Gasteiger partial charge on any atom is -0.148 e. The molecule has 0 amide bonds. The first-order valence-corrected chi connectivity index (χ1v) is 6.63. The maximum atomic E-state index is 2.44. The number of hydrogen-bond donors (Lipinski definition) is 0. The quantitative estimate of drug-likeness (QED) is 0.631. The Balaban J connectivity index is 1.91. The predicted octanol–water partition coefficient (Wildman–Crippen LogP) is 3.87. The second kappa shape index (κ2) is 3.18. The van der Waals surface area contributed by atoms with Gasteiger partial charge < -0.3 is 0 Å². The van der Waals surface area contributed by atoms with Gasteiger partial charge in [-0.3, -0.25) is 0 Å². The average Bonchev–Trinajstić information content (AvgIpc) is 2.72. The molecule has 1 fully saturated rings. The zero-order valence-electron chi connectivity index (χ0n) is 7.35. The molecule has 0 unspecified atom stereocenters. The second-order valence-electron chi connectivity index (χ2n) is 3.74. The summed E-state index contributed by atoms with van der Waals surface area (Å²) < 4.78 is 0. The lowest BCUT2D eigenvalue weighted by Gasteiger charge is -2.37. The van der Waals surface area contributed by atoms with Gasteiger partial charge in [0.1, 0.15) is 0 Å². The number of rotatable bonds is 1. The van der Waals surface area contributed by atoms with Crippen LogP contribution in [-0.4, -0.2) is 5.25 Å². The van der Waals surface area contributed by atoms with Crippen LogP contribution in [0.15, 0.2) is 29.7 Å². The molecule has 0 radical (unpaired) electrons. The third-order valence-corrected chi connectivity index (χ3v) is 5.64. The SMILES string of the molecule is C1=C[C@H]2CC[C@@H]1[C@@H](c1cccs1)S2. The molecule has 1 saturated heterocycles. The molecule has 68 valence electrons. The van der Waals surface area contributed by atoms with Crippen LogP contribution in [0.2, 0.25) is 0 Å². The molecule has 3 atom stereocenters. The van der Waals surface area contributed by atoms with Crippen molar-refractivity contribution in [3.05, 3.63) is 34.5 Å². The Hall–Kier alpha value is -0.210. The summed E-state index contributed by atoms with van der Waals surface area (Å²) in [7, 11) is 0. The monoisotopic (exact) mass is 208 g/mol. The summed E-state index contributed by atoms with van der Waals surface area (Å²) in [6, 6.07) is 4.46. The van der Waals surface area contributed by atoms with E-state index in [0.29, 0.717) is 0 Å². The molecule has 4 rings (SSSR count). The van der Waals surface area contributed by atoms with E-state index in [9.17, 15) is 0 Å². The fourth-order valence-electron chi connectivity index (χ4n) is 2.20. The average molecular weight is 208 g/mol. The smallest absolute Gasteiger partial charge is 0.0459 e. The molecule has 3 heterocycles. The van der Waals surface area contributed by atoms with Crippen molar-refractivity contribution in [2.75, 3.05) is 0 Å². The Kier molecular flexibility index (Phi) is 1.99. The first-order chi connectivity index (χ1) is 6.43. The molecule has 1 aromatic rings. The normalized spacial score (nSPS) is 36.8. The summed E-state index contributed by atoms with van der Waals surface area (Å²) >= 11 is 4.08. The van der Waals surface area contributed by atoms with Crippen LogP contribution in [0.25, 0.3) is 0 Å². The van der Waals surface area contributed by atoms with Crippen molar-refractivity contribution in [3.63, 3.8) is 0 Å². The van der Waals surface area contributed by atoms with E-state index in [1.54, 1.807) is 4.88 Å². The Morgan fingerprint density at radius 2 is 2.23 bits per heavy atom. The van der Waals surface area contributed by atoms with Crippen molar-refractivity contribution in [1.82, 2.24) is 0 Å². The van der Waals surface area contributed by atoms with Crippen LogP contribution in [0.1, 0.15) is 23.0 Å². The van der Waals surface area contributed by atoms with E-state index in [2.05, 4.69) is 41.4 Å². The van der Waals surface area contributed by atoms with Crippen molar-refractivity contribution in [1.29, 1.82) is 0 Å². The van der Waals surface area contributed by atoms with E-state index < -0.39 is 0 Å². The molecule has 0 spiro atoms. The van der Waals surface area contributed by atoms with Gasteiger partial charge in [-0.25, -0.2) is 0 Å². The number of allylic oxidation sites excluding steroid dienone is 1. The van der Waals surface area contributed by atoms with Crippen LogP contribution < -0.4 is 0 Å². The molecule has 3 aliphatic rings. The van der Waals surface area contributed by atoms with Gasteiger partial charge in [0.2, 0.25) is 0 Å². The van der Waals surface area contributed by atoms with Gasteiger partial charge in [-0.2, -0.15) is 0 Å². The molecule has 2 aliphatic heterocycles. The summed E-state index contributed by atoms with van der Waals surface area (Å²) in [5.74, 6) is 0.814. The van der Waals surface area contributed by atoms with Crippen LogP contribution in [0.5, 0.6) is 0 Å². The van der Waals surface area contributed by atoms with Gasteiger partial charge in [-0.05, 0) is 30.2 Å². The third kappa shape index (κ3) is 1.36. The molecular formula is C11H12S2. The van der Waals surface area contributed by atoms with Crippen molar-refractivity contribution < 1.29 is 0 Å². The van der Waals surface area contributed by atoms with Gasteiger partial charge in [0, 0.05) is 15.4 Å².